The molecule has 1 rings (SSSR count). The Morgan fingerprint density at radius 3 is 2.53 bits per heavy atom. The molecular weight excluding hydrogens is 291 g/mol. The maximum absolute atomic E-state index is 12.1. The van der Waals surface area contributed by atoms with E-state index in [1.165, 1.54) is 24.1 Å². The fraction of sp³-hybridized carbons (Fsp3) is 0.333. The fourth-order valence-electron chi connectivity index (χ4n) is 1.43. The molecule has 5 nitrogen and oxygen atoms in total. The maximum Gasteiger partial charge on any atom is 0.325 e. The molecule has 0 spiro atoms. The summed E-state index contributed by atoms with van der Waals surface area (Å²) >= 11 is 11.7. The van der Waals surface area contributed by atoms with Crippen molar-refractivity contribution in [3.8, 4) is 0 Å². The molecule has 0 saturated carbocycles. The smallest absolute Gasteiger partial charge is 0.325 e. The number of carbonyl (C=O) groups is 2. The molecule has 0 aromatic heterocycles. The van der Waals surface area contributed by atoms with Crippen molar-refractivity contribution in [3.05, 3.63) is 27.7 Å². The van der Waals surface area contributed by atoms with Crippen molar-refractivity contribution in [1.29, 1.82) is 0 Å². The molecule has 0 fully saturated rings. The first-order valence-electron chi connectivity index (χ1n) is 5.52. The van der Waals surface area contributed by atoms with E-state index >= 15 is 0 Å². The summed E-state index contributed by atoms with van der Waals surface area (Å²) < 4.78 is 4.76. The van der Waals surface area contributed by atoms with Crippen LogP contribution in [-0.4, -0.2) is 37.0 Å². The Hall–Kier alpha value is -1.46. The molecule has 2 N–H and O–H groups in total. The van der Waals surface area contributed by atoms with Gasteiger partial charge in [0.2, 0.25) is 0 Å². The van der Waals surface area contributed by atoms with Crippen LogP contribution < -0.4 is 5.73 Å². The van der Waals surface area contributed by atoms with Crippen LogP contribution in [0.25, 0.3) is 0 Å². The number of carbonyl (C=O) groups excluding carboxylic acids is 2. The molecule has 0 unspecified atom stereocenters. The number of nitrogens with two attached hydrogens (primary N) is 1. The highest BCUT2D eigenvalue weighted by Gasteiger charge is 2.17. The van der Waals surface area contributed by atoms with E-state index in [9.17, 15) is 9.59 Å². The molecule has 1 aromatic rings. The highest BCUT2D eigenvalue weighted by atomic mass is 35.5. The van der Waals surface area contributed by atoms with Crippen molar-refractivity contribution in [1.82, 2.24) is 4.90 Å². The van der Waals surface area contributed by atoms with E-state index in [1.807, 2.05) is 0 Å². The second-order valence-corrected chi connectivity index (χ2v) is 4.61. The Bertz CT molecular complexity index is 483. The first kappa shape index (κ1) is 15.6. The number of nitrogen functional groups attached to an aromatic ring is 1. The summed E-state index contributed by atoms with van der Waals surface area (Å²) in [7, 11) is 1.48. The first-order chi connectivity index (χ1) is 8.86. The second kappa shape index (κ2) is 6.63. The molecule has 0 bridgehead atoms. The monoisotopic (exact) mass is 304 g/mol. The van der Waals surface area contributed by atoms with Gasteiger partial charge in [-0.2, -0.15) is 0 Å². The van der Waals surface area contributed by atoms with Crippen LogP contribution in [0.4, 0.5) is 5.69 Å². The minimum absolute atomic E-state index is 0.146. The second-order valence-electron chi connectivity index (χ2n) is 3.83. The van der Waals surface area contributed by atoms with Crippen LogP contribution in [0.2, 0.25) is 10.0 Å². The van der Waals surface area contributed by atoms with Gasteiger partial charge in [-0.05, 0) is 19.1 Å². The molecule has 0 aliphatic heterocycles. The van der Waals surface area contributed by atoms with Crippen molar-refractivity contribution in [2.45, 2.75) is 6.92 Å². The SMILES string of the molecule is CCOC(=O)CN(C)C(=O)c1cc(N)c(Cl)c(Cl)c1. The van der Waals surface area contributed by atoms with Crippen LogP contribution in [0, 0.1) is 0 Å². The standard InChI is InChI=1S/C12H14Cl2N2O3/c1-3-19-10(17)6-16(2)12(18)7-4-8(13)11(14)9(15)5-7/h4-5H,3,6,15H2,1-2H3. The molecule has 19 heavy (non-hydrogen) atoms. The van der Waals surface area contributed by atoms with E-state index in [-0.39, 0.29) is 34.4 Å². The van der Waals surface area contributed by atoms with Crippen LogP contribution in [0.3, 0.4) is 0 Å². The van der Waals surface area contributed by atoms with Gasteiger partial charge in [0.15, 0.2) is 0 Å². The maximum atomic E-state index is 12.1. The van der Waals surface area contributed by atoms with Gasteiger partial charge in [0.05, 0.1) is 22.3 Å². The number of rotatable bonds is 4. The predicted molar refractivity (Wildman–Crippen MR) is 74.5 cm³/mol. The molecule has 0 radical (unpaired) electrons. The summed E-state index contributed by atoms with van der Waals surface area (Å²) in [6, 6.07) is 2.82. The van der Waals surface area contributed by atoms with Gasteiger partial charge in [0.1, 0.15) is 6.54 Å². The van der Waals surface area contributed by atoms with Crippen LogP contribution in [0.15, 0.2) is 12.1 Å². The fourth-order valence-corrected chi connectivity index (χ4v) is 1.76. The van der Waals surface area contributed by atoms with Gasteiger partial charge in [-0.15, -0.1) is 0 Å². The van der Waals surface area contributed by atoms with Gasteiger partial charge in [0.25, 0.3) is 5.91 Å². The molecule has 0 atom stereocenters. The Morgan fingerprint density at radius 2 is 2.00 bits per heavy atom. The average molecular weight is 305 g/mol. The highest BCUT2D eigenvalue weighted by Crippen LogP contribution is 2.29. The minimum Gasteiger partial charge on any atom is -0.465 e. The highest BCUT2D eigenvalue weighted by molar-refractivity contribution is 6.43. The van der Waals surface area contributed by atoms with E-state index in [1.54, 1.807) is 6.92 Å². The summed E-state index contributed by atoms with van der Waals surface area (Å²) in [6.45, 7) is 1.81. The zero-order valence-electron chi connectivity index (χ0n) is 10.6. The third-order valence-electron chi connectivity index (χ3n) is 2.32. The molecule has 0 aliphatic carbocycles. The van der Waals surface area contributed by atoms with Crippen molar-refractivity contribution < 1.29 is 14.3 Å². The van der Waals surface area contributed by atoms with Gasteiger partial charge in [-0.1, -0.05) is 23.2 Å². The number of benzene rings is 1. The lowest BCUT2D eigenvalue weighted by Crippen LogP contribution is -2.33. The van der Waals surface area contributed by atoms with Crippen LogP contribution in [0.5, 0.6) is 0 Å². The molecule has 1 aromatic carbocycles. The third kappa shape index (κ3) is 4.01. The number of nitrogens with zero attached hydrogens (tertiary/aromatic N) is 1. The zero-order chi connectivity index (χ0) is 14.6. The normalized spacial score (nSPS) is 10.1. The van der Waals surface area contributed by atoms with Crippen molar-refractivity contribution >= 4 is 40.8 Å². The van der Waals surface area contributed by atoms with Gasteiger partial charge >= 0.3 is 5.97 Å². The molecule has 104 valence electrons. The van der Waals surface area contributed by atoms with E-state index in [0.717, 1.165) is 0 Å². The molecule has 0 aliphatic rings. The van der Waals surface area contributed by atoms with Gasteiger partial charge < -0.3 is 15.4 Å². The van der Waals surface area contributed by atoms with Gasteiger partial charge in [0, 0.05) is 12.6 Å². The summed E-state index contributed by atoms with van der Waals surface area (Å²) in [6.07, 6.45) is 0. The number of esters is 1. The Kier molecular flexibility index (Phi) is 5.44. The van der Waals surface area contributed by atoms with E-state index in [2.05, 4.69) is 0 Å². The molecule has 7 heteroatoms. The zero-order valence-corrected chi connectivity index (χ0v) is 12.1. The topological polar surface area (TPSA) is 72.6 Å². The number of anilines is 1. The molecule has 0 saturated heterocycles. The lowest BCUT2D eigenvalue weighted by atomic mass is 10.2. The van der Waals surface area contributed by atoms with Crippen molar-refractivity contribution in [2.75, 3.05) is 25.9 Å². The summed E-state index contributed by atoms with van der Waals surface area (Å²) in [4.78, 5) is 24.6. The molecule has 0 heterocycles. The Morgan fingerprint density at radius 1 is 1.37 bits per heavy atom. The van der Waals surface area contributed by atoms with Crippen molar-refractivity contribution in [2.24, 2.45) is 0 Å². The van der Waals surface area contributed by atoms with Crippen molar-refractivity contribution in [3.63, 3.8) is 0 Å². The number of likely N-dealkylation sites (N-methyl/N-ethyl adjacent to an activating group) is 1. The third-order valence-corrected chi connectivity index (χ3v) is 3.14. The summed E-state index contributed by atoms with van der Waals surface area (Å²) in [5.74, 6) is -0.871. The van der Waals surface area contributed by atoms with Gasteiger partial charge in [-0.25, -0.2) is 0 Å². The number of ether oxygens (including phenoxy) is 1. The number of hydrogen-bond donors (Lipinski definition) is 1. The molecule has 1 amide bonds. The van der Waals surface area contributed by atoms with E-state index in [0.29, 0.717) is 0 Å². The number of hydrogen-bond acceptors (Lipinski definition) is 4. The average Bonchev–Trinajstić information content (AvgIpc) is 2.34. The Balaban J connectivity index is 2.85. The van der Waals surface area contributed by atoms with Crippen LogP contribution in [-0.2, 0) is 9.53 Å². The summed E-state index contributed by atoms with van der Waals surface area (Å²) in [5, 5.41) is 0.390. The summed E-state index contributed by atoms with van der Waals surface area (Å²) in [5.41, 5.74) is 6.10. The van der Waals surface area contributed by atoms with Crippen LogP contribution in [0.1, 0.15) is 17.3 Å². The minimum atomic E-state index is -0.480. The van der Waals surface area contributed by atoms with Gasteiger partial charge in [-0.3, -0.25) is 9.59 Å². The number of amides is 1. The first-order valence-corrected chi connectivity index (χ1v) is 6.28. The predicted octanol–water partition coefficient (Wildman–Crippen LogP) is 2.21. The van der Waals surface area contributed by atoms with E-state index in [4.69, 9.17) is 33.7 Å². The Labute approximate surface area is 121 Å². The largest absolute Gasteiger partial charge is 0.465 e. The molecular formula is C12H14Cl2N2O3. The quantitative estimate of drug-likeness (QED) is 0.684. The van der Waals surface area contributed by atoms with Crippen LogP contribution >= 0.6 is 23.2 Å². The number of halogens is 2. The lowest BCUT2D eigenvalue weighted by Gasteiger charge is -2.16. The lowest BCUT2D eigenvalue weighted by molar-refractivity contribution is -0.143. The van der Waals surface area contributed by atoms with E-state index < -0.39 is 11.9 Å².